The molecule has 2 N–H and O–H groups in total. The van der Waals surface area contributed by atoms with Gasteiger partial charge in [0.2, 0.25) is 0 Å². The summed E-state index contributed by atoms with van der Waals surface area (Å²) in [5, 5.41) is 1.88. The minimum absolute atomic E-state index is 0.123. The summed E-state index contributed by atoms with van der Waals surface area (Å²) in [4.78, 5) is 12.5. The predicted octanol–water partition coefficient (Wildman–Crippen LogP) is 2.00. The summed E-state index contributed by atoms with van der Waals surface area (Å²) in [6.45, 7) is 0. The van der Waals surface area contributed by atoms with E-state index in [1.807, 2.05) is 17.5 Å². The van der Waals surface area contributed by atoms with Crippen molar-refractivity contribution in [3.8, 4) is 0 Å². The lowest BCUT2D eigenvalue weighted by atomic mass is 10.2. The van der Waals surface area contributed by atoms with E-state index in [0.717, 1.165) is 4.88 Å². The Labute approximate surface area is 80.4 Å². The Hall–Kier alpha value is -0.740. The molecule has 0 saturated carbocycles. The molecule has 0 atom stereocenters. The van der Waals surface area contributed by atoms with Gasteiger partial charge >= 0.3 is 0 Å². The summed E-state index contributed by atoms with van der Waals surface area (Å²) in [6, 6.07) is 3.67. The molecule has 0 bridgehead atoms. The molecule has 0 unspecified atom stereocenters. The number of hydrogen-bond donors (Lipinski definition) is 1. The van der Waals surface area contributed by atoms with E-state index in [1.165, 1.54) is 11.3 Å². The lowest BCUT2D eigenvalue weighted by Gasteiger charge is -1.95. The highest BCUT2D eigenvalue weighted by molar-refractivity contribution is 7.80. The van der Waals surface area contributed by atoms with Gasteiger partial charge < -0.3 is 5.73 Å². The number of thiocarbonyl (C=S) groups is 1. The van der Waals surface area contributed by atoms with Gasteiger partial charge in [0.25, 0.3) is 0 Å². The predicted molar refractivity (Wildman–Crippen MR) is 54.7 cm³/mol. The number of thiophene rings is 1. The van der Waals surface area contributed by atoms with Crippen LogP contribution >= 0.6 is 23.6 Å². The second-order valence-electron chi connectivity index (χ2n) is 2.37. The lowest BCUT2D eigenvalue weighted by molar-refractivity contribution is 0.0989. The van der Waals surface area contributed by atoms with E-state index < -0.39 is 0 Å². The van der Waals surface area contributed by atoms with Crippen LogP contribution in [0.1, 0.15) is 22.5 Å². The van der Waals surface area contributed by atoms with Crippen molar-refractivity contribution in [2.75, 3.05) is 0 Å². The number of Topliss-reactive ketones (excluding diaryl/α,β-unsaturated/α-hetero) is 1. The molecule has 0 aliphatic heterocycles. The van der Waals surface area contributed by atoms with Crippen LogP contribution in [0.3, 0.4) is 0 Å². The van der Waals surface area contributed by atoms with Crippen molar-refractivity contribution < 1.29 is 4.79 Å². The van der Waals surface area contributed by atoms with Gasteiger partial charge in [-0.2, -0.15) is 0 Å². The molecule has 64 valence electrons. The van der Waals surface area contributed by atoms with Crippen molar-refractivity contribution in [3.63, 3.8) is 0 Å². The van der Waals surface area contributed by atoms with Gasteiger partial charge in [-0.15, -0.1) is 11.3 Å². The molecule has 0 spiro atoms. The van der Waals surface area contributed by atoms with Crippen LogP contribution < -0.4 is 5.73 Å². The SMILES string of the molecule is NC(=S)CCC(=O)c1cccs1. The van der Waals surface area contributed by atoms with Crippen molar-refractivity contribution in [1.29, 1.82) is 0 Å². The highest BCUT2D eigenvalue weighted by Crippen LogP contribution is 2.11. The molecule has 4 heteroatoms. The smallest absolute Gasteiger partial charge is 0.173 e. The van der Waals surface area contributed by atoms with Crippen LogP contribution in [0, 0.1) is 0 Å². The Morgan fingerprint density at radius 2 is 2.33 bits per heavy atom. The van der Waals surface area contributed by atoms with Crippen molar-refractivity contribution in [3.05, 3.63) is 22.4 Å². The van der Waals surface area contributed by atoms with E-state index in [-0.39, 0.29) is 5.78 Å². The summed E-state index contributed by atoms with van der Waals surface area (Å²) in [6.07, 6.45) is 0.932. The summed E-state index contributed by atoms with van der Waals surface area (Å²) < 4.78 is 0. The molecule has 1 heterocycles. The van der Waals surface area contributed by atoms with Crippen LogP contribution in [-0.2, 0) is 0 Å². The summed E-state index contributed by atoms with van der Waals surface area (Å²) in [5.41, 5.74) is 5.28. The zero-order valence-electron chi connectivity index (χ0n) is 6.45. The van der Waals surface area contributed by atoms with E-state index in [2.05, 4.69) is 12.2 Å². The first-order valence-electron chi connectivity index (χ1n) is 3.55. The number of nitrogens with two attached hydrogens (primary N) is 1. The van der Waals surface area contributed by atoms with Gasteiger partial charge in [0.15, 0.2) is 5.78 Å². The van der Waals surface area contributed by atoms with Gasteiger partial charge in [-0.1, -0.05) is 18.3 Å². The number of rotatable bonds is 4. The number of hydrogen-bond acceptors (Lipinski definition) is 3. The molecule has 1 aromatic heterocycles. The third kappa shape index (κ3) is 2.71. The minimum Gasteiger partial charge on any atom is -0.393 e. The van der Waals surface area contributed by atoms with Crippen LogP contribution in [0.25, 0.3) is 0 Å². The average molecular weight is 199 g/mol. The highest BCUT2D eigenvalue weighted by Gasteiger charge is 2.06. The Morgan fingerprint density at radius 3 is 2.83 bits per heavy atom. The maximum absolute atomic E-state index is 11.3. The summed E-state index contributed by atoms with van der Waals surface area (Å²) >= 11 is 6.12. The second kappa shape index (κ2) is 4.33. The number of carbonyl (C=O) groups excluding carboxylic acids is 1. The highest BCUT2D eigenvalue weighted by atomic mass is 32.1. The van der Waals surface area contributed by atoms with Gasteiger partial charge in [0, 0.05) is 12.8 Å². The van der Waals surface area contributed by atoms with E-state index in [0.29, 0.717) is 17.8 Å². The van der Waals surface area contributed by atoms with Crippen molar-refractivity contribution in [1.82, 2.24) is 0 Å². The second-order valence-corrected chi connectivity index (χ2v) is 3.84. The number of ketones is 1. The van der Waals surface area contributed by atoms with E-state index in [1.54, 1.807) is 0 Å². The van der Waals surface area contributed by atoms with Crippen molar-refractivity contribution in [2.24, 2.45) is 5.73 Å². The standard InChI is InChI=1S/C8H9NOS2/c9-8(11)4-3-6(10)7-2-1-5-12-7/h1-2,5H,3-4H2,(H2,9,11). The fourth-order valence-electron chi connectivity index (χ4n) is 0.797. The molecule has 0 aliphatic rings. The molecule has 2 nitrogen and oxygen atoms in total. The van der Waals surface area contributed by atoms with Gasteiger partial charge in [-0.3, -0.25) is 4.79 Å². The summed E-state index contributed by atoms with van der Waals surface area (Å²) in [5.74, 6) is 0.123. The first kappa shape index (κ1) is 9.35. The molecule has 1 aromatic rings. The molecule has 0 radical (unpaired) electrons. The Morgan fingerprint density at radius 1 is 1.58 bits per heavy atom. The first-order valence-corrected chi connectivity index (χ1v) is 4.84. The molecule has 0 aliphatic carbocycles. The zero-order chi connectivity index (χ0) is 8.97. The zero-order valence-corrected chi connectivity index (χ0v) is 8.08. The molecule has 0 aromatic carbocycles. The largest absolute Gasteiger partial charge is 0.393 e. The molecular weight excluding hydrogens is 190 g/mol. The van der Waals surface area contributed by atoms with Crippen molar-refractivity contribution in [2.45, 2.75) is 12.8 Å². The molecule has 12 heavy (non-hydrogen) atoms. The normalized spacial score (nSPS) is 9.67. The van der Waals surface area contributed by atoms with Gasteiger partial charge in [-0.05, 0) is 11.4 Å². The van der Waals surface area contributed by atoms with Gasteiger partial charge in [0.05, 0.1) is 9.87 Å². The molecular formula is C8H9NOS2. The maximum atomic E-state index is 11.3. The Kier molecular flexibility index (Phi) is 3.37. The van der Waals surface area contributed by atoms with Crippen LogP contribution in [-0.4, -0.2) is 10.8 Å². The average Bonchev–Trinajstić information content (AvgIpc) is 2.51. The minimum atomic E-state index is 0.123. The fourth-order valence-corrected chi connectivity index (χ4v) is 1.59. The quantitative estimate of drug-likeness (QED) is 0.595. The maximum Gasteiger partial charge on any atom is 0.173 e. The van der Waals surface area contributed by atoms with Crippen LogP contribution in [0.15, 0.2) is 17.5 Å². The molecule has 0 fully saturated rings. The first-order chi connectivity index (χ1) is 5.70. The third-order valence-corrected chi connectivity index (χ3v) is 2.51. The Bertz CT molecular complexity index is 279. The number of carbonyl (C=O) groups is 1. The topological polar surface area (TPSA) is 43.1 Å². The van der Waals surface area contributed by atoms with Gasteiger partial charge in [0.1, 0.15) is 0 Å². The monoisotopic (exact) mass is 199 g/mol. The van der Waals surface area contributed by atoms with Crippen LogP contribution in [0.5, 0.6) is 0 Å². The van der Waals surface area contributed by atoms with E-state index in [9.17, 15) is 4.79 Å². The van der Waals surface area contributed by atoms with E-state index in [4.69, 9.17) is 5.73 Å². The van der Waals surface area contributed by atoms with E-state index >= 15 is 0 Å². The van der Waals surface area contributed by atoms with Crippen molar-refractivity contribution >= 4 is 34.3 Å². The molecule has 1 rings (SSSR count). The fraction of sp³-hybridized carbons (Fsp3) is 0.250. The lowest BCUT2D eigenvalue weighted by Crippen LogP contribution is -2.09. The van der Waals surface area contributed by atoms with Crippen LogP contribution in [0.4, 0.5) is 0 Å². The Balaban J connectivity index is 2.45. The van der Waals surface area contributed by atoms with Crippen LogP contribution in [0.2, 0.25) is 0 Å². The van der Waals surface area contributed by atoms with Gasteiger partial charge in [-0.25, -0.2) is 0 Å². The molecule has 0 amide bonds. The molecule has 0 saturated heterocycles. The summed E-state index contributed by atoms with van der Waals surface area (Å²) in [7, 11) is 0. The third-order valence-electron chi connectivity index (χ3n) is 1.39.